The first-order chi connectivity index (χ1) is 14.6. The molecule has 3 aromatic heterocycles. The van der Waals surface area contributed by atoms with E-state index in [1.807, 2.05) is 77.8 Å². The van der Waals surface area contributed by atoms with E-state index in [0.717, 1.165) is 56.6 Å². The van der Waals surface area contributed by atoms with Crippen molar-refractivity contribution in [2.75, 3.05) is 14.2 Å². The quantitative estimate of drug-likeness (QED) is 0.453. The van der Waals surface area contributed by atoms with Gasteiger partial charge in [0.05, 0.1) is 36.3 Å². The Bertz CT molecular complexity index is 1300. The molecule has 7 nitrogen and oxygen atoms in total. The Hall–Kier alpha value is -3.87. The zero-order chi connectivity index (χ0) is 20.8. The van der Waals surface area contributed by atoms with Gasteiger partial charge in [-0.1, -0.05) is 6.07 Å². The number of benzene rings is 2. The van der Waals surface area contributed by atoms with Crippen LogP contribution in [0.4, 0.5) is 0 Å². The molecule has 0 atom stereocenters. The first-order valence-electron chi connectivity index (χ1n) is 9.58. The number of fused-ring (bicyclic) bond motifs is 2. The second-order valence-corrected chi connectivity index (χ2v) is 7.11. The monoisotopic (exact) mass is 399 g/mol. The van der Waals surface area contributed by atoms with Crippen LogP contribution in [-0.4, -0.2) is 38.3 Å². The Morgan fingerprint density at radius 3 is 1.53 bits per heavy atom. The summed E-state index contributed by atoms with van der Waals surface area (Å²) in [5, 5.41) is 0. The number of ether oxygens (including phenoxy) is 2. The summed E-state index contributed by atoms with van der Waals surface area (Å²) in [6.07, 6.45) is 0. The van der Waals surface area contributed by atoms with Crippen LogP contribution in [0.3, 0.4) is 0 Å². The van der Waals surface area contributed by atoms with Gasteiger partial charge in [-0.3, -0.25) is 0 Å². The number of rotatable bonds is 4. The SMILES string of the molecule is COc1ccc2c(c1)nc(-c1cccc(-c3nc4cc(OC)ccc4n3C)n1)n2C. The van der Waals surface area contributed by atoms with Gasteiger partial charge in [-0.2, -0.15) is 0 Å². The molecule has 0 spiro atoms. The lowest BCUT2D eigenvalue weighted by atomic mass is 10.2. The molecule has 2 aromatic carbocycles. The fourth-order valence-electron chi connectivity index (χ4n) is 3.76. The largest absolute Gasteiger partial charge is 0.497 e. The molecule has 5 rings (SSSR count). The predicted octanol–water partition coefficient (Wildman–Crippen LogP) is 4.21. The summed E-state index contributed by atoms with van der Waals surface area (Å²) in [6, 6.07) is 17.7. The molecule has 5 aromatic rings. The van der Waals surface area contributed by atoms with Crippen molar-refractivity contribution in [3.05, 3.63) is 54.6 Å². The minimum Gasteiger partial charge on any atom is -0.497 e. The van der Waals surface area contributed by atoms with Crippen molar-refractivity contribution in [2.24, 2.45) is 14.1 Å². The number of aryl methyl sites for hydroxylation is 2. The van der Waals surface area contributed by atoms with Crippen molar-refractivity contribution in [1.29, 1.82) is 0 Å². The molecule has 0 fully saturated rings. The summed E-state index contributed by atoms with van der Waals surface area (Å²) in [5.41, 5.74) is 5.35. The molecule has 0 saturated heterocycles. The van der Waals surface area contributed by atoms with E-state index in [1.54, 1.807) is 14.2 Å². The van der Waals surface area contributed by atoms with Gasteiger partial charge < -0.3 is 18.6 Å². The highest BCUT2D eigenvalue weighted by Gasteiger charge is 2.16. The van der Waals surface area contributed by atoms with E-state index in [4.69, 9.17) is 24.4 Å². The van der Waals surface area contributed by atoms with Gasteiger partial charge in [0.25, 0.3) is 0 Å². The van der Waals surface area contributed by atoms with Crippen molar-refractivity contribution >= 4 is 22.1 Å². The molecule has 0 radical (unpaired) electrons. The van der Waals surface area contributed by atoms with E-state index in [0.29, 0.717) is 0 Å². The van der Waals surface area contributed by atoms with Gasteiger partial charge in [-0.25, -0.2) is 15.0 Å². The maximum atomic E-state index is 5.33. The van der Waals surface area contributed by atoms with Gasteiger partial charge in [0, 0.05) is 26.2 Å². The third-order valence-corrected chi connectivity index (χ3v) is 5.38. The van der Waals surface area contributed by atoms with Crippen LogP contribution in [-0.2, 0) is 14.1 Å². The molecule has 3 heterocycles. The van der Waals surface area contributed by atoms with Crippen molar-refractivity contribution in [3.63, 3.8) is 0 Å². The Balaban J connectivity index is 1.63. The lowest BCUT2D eigenvalue weighted by molar-refractivity contribution is 0.415. The van der Waals surface area contributed by atoms with Gasteiger partial charge in [0.2, 0.25) is 0 Å². The third-order valence-electron chi connectivity index (χ3n) is 5.38. The summed E-state index contributed by atoms with van der Waals surface area (Å²) in [6.45, 7) is 0. The Morgan fingerprint density at radius 2 is 1.10 bits per heavy atom. The number of pyridine rings is 1. The molecule has 30 heavy (non-hydrogen) atoms. The molecular weight excluding hydrogens is 378 g/mol. The topological polar surface area (TPSA) is 67.0 Å². The van der Waals surface area contributed by atoms with E-state index >= 15 is 0 Å². The molecule has 0 amide bonds. The van der Waals surface area contributed by atoms with Crippen LogP contribution in [0, 0.1) is 0 Å². The van der Waals surface area contributed by atoms with E-state index in [2.05, 4.69) is 0 Å². The first-order valence-corrected chi connectivity index (χ1v) is 9.58. The highest BCUT2D eigenvalue weighted by Crippen LogP contribution is 2.29. The number of hydrogen-bond acceptors (Lipinski definition) is 5. The fraction of sp³-hybridized carbons (Fsp3) is 0.174. The minimum atomic E-state index is 0.781. The predicted molar refractivity (Wildman–Crippen MR) is 117 cm³/mol. The van der Waals surface area contributed by atoms with E-state index < -0.39 is 0 Å². The Kier molecular flexibility index (Phi) is 4.17. The van der Waals surface area contributed by atoms with Gasteiger partial charge in [-0.05, 0) is 36.4 Å². The molecular formula is C23H21N5O2. The first kappa shape index (κ1) is 18.2. The average Bonchev–Trinajstić information content (AvgIpc) is 3.30. The Labute approximate surface area is 173 Å². The van der Waals surface area contributed by atoms with Crippen LogP contribution in [0.2, 0.25) is 0 Å². The fourth-order valence-corrected chi connectivity index (χ4v) is 3.76. The zero-order valence-electron chi connectivity index (χ0n) is 17.2. The van der Waals surface area contributed by atoms with Crippen LogP contribution < -0.4 is 9.47 Å². The molecule has 7 heteroatoms. The van der Waals surface area contributed by atoms with Crippen LogP contribution in [0.1, 0.15) is 0 Å². The van der Waals surface area contributed by atoms with Crippen LogP contribution in [0.5, 0.6) is 11.5 Å². The van der Waals surface area contributed by atoms with Crippen molar-refractivity contribution in [1.82, 2.24) is 24.1 Å². The standard InChI is InChI=1S/C23H21N5O2/c1-27-20-10-8-14(29-3)12-18(20)25-22(27)16-6-5-7-17(24-16)23-26-19-13-15(30-4)9-11-21(19)28(23)2/h5-13H,1-4H3. The number of nitrogens with zero attached hydrogens (tertiary/aromatic N) is 5. The van der Waals surface area contributed by atoms with Crippen molar-refractivity contribution in [3.8, 4) is 34.5 Å². The molecule has 0 aliphatic rings. The molecule has 0 saturated carbocycles. The molecule has 0 aliphatic heterocycles. The van der Waals surface area contributed by atoms with E-state index in [-0.39, 0.29) is 0 Å². The van der Waals surface area contributed by atoms with Crippen molar-refractivity contribution < 1.29 is 9.47 Å². The highest BCUT2D eigenvalue weighted by atomic mass is 16.5. The summed E-state index contributed by atoms with van der Waals surface area (Å²) in [4.78, 5) is 14.5. The van der Waals surface area contributed by atoms with Gasteiger partial charge in [0.15, 0.2) is 11.6 Å². The molecule has 0 bridgehead atoms. The van der Waals surface area contributed by atoms with E-state index in [1.165, 1.54) is 0 Å². The summed E-state index contributed by atoms with van der Waals surface area (Å²) >= 11 is 0. The van der Waals surface area contributed by atoms with Crippen molar-refractivity contribution in [2.45, 2.75) is 0 Å². The van der Waals surface area contributed by atoms with Crippen LogP contribution in [0.15, 0.2) is 54.6 Å². The molecule has 150 valence electrons. The molecule has 0 unspecified atom stereocenters. The normalized spacial score (nSPS) is 11.3. The number of methoxy groups -OCH3 is 2. The molecule has 0 aliphatic carbocycles. The van der Waals surface area contributed by atoms with Gasteiger partial charge in [-0.15, -0.1) is 0 Å². The van der Waals surface area contributed by atoms with E-state index in [9.17, 15) is 0 Å². The van der Waals surface area contributed by atoms with Gasteiger partial charge in [0.1, 0.15) is 22.9 Å². The lowest BCUT2D eigenvalue weighted by Crippen LogP contribution is -1.98. The minimum absolute atomic E-state index is 0.781. The average molecular weight is 399 g/mol. The highest BCUT2D eigenvalue weighted by molar-refractivity contribution is 5.83. The maximum absolute atomic E-state index is 5.33. The van der Waals surface area contributed by atoms with Gasteiger partial charge >= 0.3 is 0 Å². The Morgan fingerprint density at radius 1 is 0.633 bits per heavy atom. The summed E-state index contributed by atoms with van der Waals surface area (Å²) in [7, 11) is 7.30. The van der Waals surface area contributed by atoms with Crippen LogP contribution >= 0.6 is 0 Å². The maximum Gasteiger partial charge on any atom is 0.159 e. The summed E-state index contributed by atoms with van der Waals surface area (Å²) in [5.74, 6) is 3.15. The second kappa shape index (κ2) is 6.88. The van der Waals surface area contributed by atoms with Crippen LogP contribution in [0.25, 0.3) is 45.1 Å². The number of hydrogen-bond donors (Lipinski definition) is 0. The lowest BCUT2D eigenvalue weighted by Gasteiger charge is -2.06. The number of imidazole rings is 2. The number of aromatic nitrogens is 5. The smallest absolute Gasteiger partial charge is 0.159 e. The summed E-state index contributed by atoms with van der Waals surface area (Å²) < 4.78 is 14.7. The second-order valence-electron chi connectivity index (χ2n) is 7.11. The molecule has 0 N–H and O–H groups in total. The third kappa shape index (κ3) is 2.78. The zero-order valence-corrected chi connectivity index (χ0v) is 17.2.